The van der Waals surface area contributed by atoms with Gasteiger partial charge < -0.3 is 11.1 Å². The Morgan fingerprint density at radius 1 is 1.20 bits per heavy atom. The molecule has 110 valence electrons. The molecular weight excluding hydrogens is 276 g/mol. The summed E-state index contributed by atoms with van der Waals surface area (Å²) in [5, 5.41) is 2.91. The molecule has 1 aliphatic rings. The van der Waals surface area contributed by atoms with E-state index in [4.69, 9.17) is 5.73 Å². The van der Waals surface area contributed by atoms with Crippen molar-refractivity contribution in [3.8, 4) is 0 Å². The molecule has 6 heteroatoms. The van der Waals surface area contributed by atoms with Gasteiger partial charge in [0.25, 0.3) is 0 Å². The van der Waals surface area contributed by atoms with E-state index in [1.165, 1.54) is 0 Å². The summed E-state index contributed by atoms with van der Waals surface area (Å²) in [6.45, 7) is 0.408. The number of rotatable bonds is 4. The highest BCUT2D eigenvalue weighted by Gasteiger charge is 2.24. The summed E-state index contributed by atoms with van der Waals surface area (Å²) >= 11 is 0. The largest absolute Gasteiger partial charge is 0.353 e. The molecule has 1 aliphatic heterocycles. The van der Waals surface area contributed by atoms with Crippen molar-refractivity contribution < 1.29 is 13.2 Å². The number of carbonyl (C=O) groups is 1. The normalized spacial score (nSPS) is 18.6. The average Bonchev–Trinajstić information content (AvgIpc) is 2.42. The molecular formula is C14H20N2O3S. The molecule has 3 N–H and O–H groups in total. The number of nitrogens with two attached hydrogens (primary N) is 1. The molecule has 0 bridgehead atoms. The molecule has 1 heterocycles. The Bertz CT molecular complexity index is 570. The van der Waals surface area contributed by atoms with Crippen LogP contribution in [0.3, 0.4) is 0 Å². The lowest BCUT2D eigenvalue weighted by molar-refractivity contribution is -0.121. The van der Waals surface area contributed by atoms with Gasteiger partial charge in [-0.3, -0.25) is 4.79 Å². The second-order valence-electron chi connectivity index (χ2n) is 5.14. The third-order valence-electron chi connectivity index (χ3n) is 3.61. The third kappa shape index (κ3) is 4.05. The van der Waals surface area contributed by atoms with Gasteiger partial charge in [-0.15, -0.1) is 0 Å². The second kappa shape index (κ2) is 6.37. The first-order valence-corrected chi connectivity index (χ1v) is 8.59. The molecule has 0 aromatic heterocycles. The van der Waals surface area contributed by atoms with E-state index in [0.29, 0.717) is 19.4 Å². The molecule has 1 saturated heterocycles. The molecule has 2 rings (SSSR count). The summed E-state index contributed by atoms with van der Waals surface area (Å²) in [7, 11) is -2.89. The Labute approximate surface area is 119 Å². The number of nitrogens with one attached hydrogen (secondary N) is 1. The molecule has 0 radical (unpaired) electrons. The smallest absolute Gasteiger partial charge is 0.224 e. The van der Waals surface area contributed by atoms with Gasteiger partial charge in [0.05, 0.1) is 17.9 Å². The maximum absolute atomic E-state index is 12.0. The maximum Gasteiger partial charge on any atom is 0.224 e. The van der Waals surface area contributed by atoms with Crippen LogP contribution in [0, 0.1) is 0 Å². The molecule has 5 nitrogen and oxygen atoms in total. The number of amides is 1. The fourth-order valence-corrected chi connectivity index (χ4v) is 3.91. The van der Waals surface area contributed by atoms with Gasteiger partial charge in [0, 0.05) is 12.6 Å². The van der Waals surface area contributed by atoms with Crippen molar-refractivity contribution in [2.24, 2.45) is 5.73 Å². The Morgan fingerprint density at radius 3 is 2.40 bits per heavy atom. The second-order valence-corrected chi connectivity index (χ2v) is 7.45. The zero-order chi connectivity index (χ0) is 14.6. The van der Waals surface area contributed by atoms with Crippen molar-refractivity contribution in [1.29, 1.82) is 0 Å². The van der Waals surface area contributed by atoms with Gasteiger partial charge in [-0.2, -0.15) is 0 Å². The molecule has 1 aromatic carbocycles. The van der Waals surface area contributed by atoms with Crippen molar-refractivity contribution in [2.75, 3.05) is 11.5 Å². The third-order valence-corrected chi connectivity index (χ3v) is 5.32. The van der Waals surface area contributed by atoms with E-state index in [0.717, 1.165) is 11.1 Å². The van der Waals surface area contributed by atoms with Crippen LogP contribution >= 0.6 is 0 Å². The minimum absolute atomic E-state index is 0.0314. The van der Waals surface area contributed by atoms with Crippen LogP contribution in [0.15, 0.2) is 24.3 Å². The minimum atomic E-state index is -2.89. The van der Waals surface area contributed by atoms with Crippen LogP contribution in [0.2, 0.25) is 0 Å². The van der Waals surface area contributed by atoms with Crippen LogP contribution in [-0.4, -0.2) is 31.9 Å². The Hall–Kier alpha value is -1.40. The van der Waals surface area contributed by atoms with E-state index in [2.05, 4.69) is 5.32 Å². The van der Waals surface area contributed by atoms with Crippen molar-refractivity contribution in [3.05, 3.63) is 35.4 Å². The summed E-state index contributed by atoms with van der Waals surface area (Å²) in [5.41, 5.74) is 7.54. The Balaban J connectivity index is 1.90. The molecule has 0 unspecified atom stereocenters. The van der Waals surface area contributed by atoms with E-state index in [-0.39, 0.29) is 29.9 Å². The van der Waals surface area contributed by atoms with Gasteiger partial charge in [-0.1, -0.05) is 24.3 Å². The highest BCUT2D eigenvalue weighted by molar-refractivity contribution is 7.91. The lowest BCUT2D eigenvalue weighted by Gasteiger charge is -2.23. The van der Waals surface area contributed by atoms with E-state index in [1.807, 2.05) is 24.3 Å². The van der Waals surface area contributed by atoms with Gasteiger partial charge in [-0.05, 0) is 24.0 Å². The lowest BCUT2D eigenvalue weighted by Crippen LogP contribution is -2.41. The predicted molar refractivity (Wildman–Crippen MR) is 77.9 cm³/mol. The van der Waals surface area contributed by atoms with Crippen LogP contribution in [0.25, 0.3) is 0 Å². The van der Waals surface area contributed by atoms with E-state index in [9.17, 15) is 13.2 Å². The van der Waals surface area contributed by atoms with E-state index >= 15 is 0 Å². The number of benzene rings is 1. The topological polar surface area (TPSA) is 89.3 Å². The van der Waals surface area contributed by atoms with Crippen molar-refractivity contribution in [2.45, 2.75) is 31.8 Å². The van der Waals surface area contributed by atoms with Crippen molar-refractivity contribution >= 4 is 15.7 Å². The fraction of sp³-hybridized carbons (Fsp3) is 0.500. The van der Waals surface area contributed by atoms with Crippen LogP contribution in [0.5, 0.6) is 0 Å². The standard InChI is InChI=1S/C14H20N2O3S/c15-10-12-4-2-1-3-11(12)9-14(17)16-13-5-7-20(18,19)8-6-13/h1-4,13H,5-10,15H2,(H,16,17). The zero-order valence-electron chi connectivity index (χ0n) is 11.3. The summed E-state index contributed by atoms with van der Waals surface area (Å²) in [4.78, 5) is 12.0. The van der Waals surface area contributed by atoms with Crippen LogP contribution in [-0.2, 0) is 27.6 Å². The van der Waals surface area contributed by atoms with Crippen LogP contribution in [0.1, 0.15) is 24.0 Å². The lowest BCUT2D eigenvalue weighted by atomic mass is 10.0. The first-order chi connectivity index (χ1) is 9.50. The van der Waals surface area contributed by atoms with Gasteiger partial charge >= 0.3 is 0 Å². The zero-order valence-corrected chi connectivity index (χ0v) is 12.2. The Morgan fingerprint density at radius 2 is 1.80 bits per heavy atom. The Kier molecular flexibility index (Phi) is 4.77. The summed E-state index contributed by atoms with van der Waals surface area (Å²) < 4.78 is 22.7. The molecule has 20 heavy (non-hydrogen) atoms. The first-order valence-electron chi connectivity index (χ1n) is 6.77. The van der Waals surface area contributed by atoms with E-state index in [1.54, 1.807) is 0 Å². The molecule has 1 aromatic rings. The van der Waals surface area contributed by atoms with Crippen LogP contribution < -0.4 is 11.1 Å². The monoisotopic (exact) mass is 296 g/mol. The van der Waals surface area contributed by atoms with Gasteiger partial charge in [0.15, 0.2) is 0 Å². The summed E-state index contributed by atoms with van der Waals surface area (Å²) in [6.07, 6.45) is 1.30. The maximum atomic E-state index is 12.0. The summed E-state index contributed by atoms with van der Waals surface area (Å²) in [5.74, 6) is 0.254. The highest BCUT2D eigenvalue weighted by atomic mass is 32.2. The SMILES string of the molecule is NCc1ccccc1CC(=O)NC1CCS(=O)(=O)CC1. The predicted octanol–water partition coefficient (Wildman–Crippen LogP) is 0.381. The average molecular weight is 296 g/mol. The first kappa shape index (κ1) is 15.0. The number of carbonyl (C=O) groups excluding carboxylic acids is 1. The van der Waals surface area contributed by atoms with Gasteiger partial charge in [-0.25, -0.2) is 8.42 Å². The number of hydrogen-bond acceptors (Lipinski definition) is 4. The van der Waals surface area contributed by atoms with Crippen molar-refractivity contribution in [1.82, 2.24) is 5.32 Å². The molecule has 1 amide bonds. The molecule has 0 aliphatic carbocycles. The minimum Gasteiger partial charge on any atom is -0.353 e. The quantitative estimate of drug-likeness (QED) is 0.840. The van der Waals surface area contributed by atoms with Crippen LogP contribution in [0.4, 0.5) is 0 Å². The van der Waals surface area contributed by atoms with Gasteiger partial charge in [0.2, 0.25) is 5.91 Å². The van der Waals surface area contributed by atoms with E-state index < -0.39 is 9.84 Å². The fourth-order valence-electron chi connectivity index (χ4n) is 2.42. The number of hydrogen-bond donors (Lipinski definition) is 2. The highest BCUT2D eigenvalue weighted by Crippen LogP contribution is 2.13. The van der Waals surface area contributed by atoms with Gasteiger partial charge in [0.1, 0.15) is 9.84 Å². The molecule has 0 spiro atoms. The molecule has 0 saturated carbocycles. The van der Waals surface area contributed by atoms with Crippen molar-refractivity contribution in [3.63, 3.8) is 0 Å². The number of sulfone groups is 1. The summed E-state index contributed by atoms with van der Waals surface area (Å²) in [6, 6.07) is 7.56. The molecule has 1 fully saturated rings. The molecule has 0 atom stereocenters.